The molecule has 1 unspecified atom stereocenters. The molecule has 0 saturated heterocycles. The van der Waals surface area contributed by atoms with Crippen LogP contribution in [0.5, 0.6) is 0 Å². The summed E-state index contributed by atoms with van der Waals surface area (Å²) in [6.07, 6.45) is 15.7. The van der Waals surface area contributed by atoms with E-state index in [2.05, 4.69) is 22.6 Å². The zero-order chi connectivity index (χ0) is 14.2. The van der Waals surface area contributed by atoms with Crippen molar-refractivity contribution < 1.29 is 9.53 Å². The van der Waals surface area contributed by atoms with Crippen molar-refractivity contribution >= 4 is 28.6 Å². The molecule has 0 aromatic rings. The van der Waals surface area contributed by atoms with Gasteiger partial charge >= 0.3 is 5.97 Å². The molecule has 2 nitrogen and oxygen atoms in total. The van der Waals surface area contributed by atoms with Crippen LogP contribution < -0.4 is 0 Å². The van der Waals surface area contributed by atoms with Crippen LogP contribution in [0.25, 0.3) is 0 Å². The van der Waals surface area contributed by atoms with E-state index in [4.69, 9.17) is 4.74 Å². The SMILES string of the molecule is O=C(OCCCC1CCCCC1)C(I)C1CCCCC1. The van der Waals surface area contributed by atoms with Gasteiger partial charge in [-0.15, -0.1) is 0 Å². The number of alkyl halides is 1. The Kier molecular flexibility index (Phi) is 7.68. The predicted molar refractivity (Wildman–Crippen MR) is 91.2 cm³/mol. The Balaban J connectivity index is 1.56. The fourth-order valence-electron chi connectivity index (χ4n) is 3.72. The quantitative estimate of drug-likeness (QED) is 0.266. The van der Waals surface area contributed by atoms with Gasteiger partial charge in [-0.3, -0.25) is 4.79 Å². The van der Waals surface area contributed by atoms with Crippen LogP contribution in [0.3, 0.4) is 0 Å². The Morgan fingerprint density at radius 3 is 2.25 bits per heavy atom. The Hall–Kier alpha value is 0.200. The summed E-state index contributed by atoms with van der Waals surface area (Å²) in [5.74, 6) is 1.51. The minimum atomic E-state index is 0.0427. The maximum atomic E-state index is 12.1. The summed E-state index contributed by atoms with van der Waals surface area (Å²) in [6, 6.07) is 0. The van der Waals surface area contributed by atoms with Crippen molar-refractivity contribution in [1.82, 2.24) is 0 Å². The first-order valence-electron chi connectivity index (χ1n) is 8.58. The molecular formula is C17H29IO2. The average Bonchev–Trinajstić information content (AvgIpc) is 2.52. The second-order valence-electron chi connectivity index (χ2n) is 6.61. The van der Waals surface area contributed by atoms with E-state index in [0.717, 1.165) is 12.3 Å². The van der Waals surface area contributed by atoms with E-state index in [0.29, 0.717) is 12.5 Å². The van der Waals surface area contributed by atoms with Crippen LogP contribution in [-0.4, -0.2) is 16.5 Å². The lowest BCUT2D eigenvalue weighted by Crippen LogP contribution is -2.28. The van der Waals surface area contributed by atoms with Crippen LogP contribution in [0.15, 0.2) is 0 Å². The summed E-state index contributed by atoms with van der Waals surface area (Å²) < 4.78 is 5.59. The van der Waals surface area contributed by atoms with Crippen LogP contribution in [0.4, 0.5) is 0 Å². The molecule has 2 saturated carbocycles. The average molecular weight is 392 g/mol. The first kappa shape index (κ1) is 16.6. The van der Waals surface area contributed by atoms with Gasteiger partial charge in [0.1, 0.15) is 3.92 Å². The van der Waals surface area contributed by atoms with Crippen molar-refractivity contribution in [3.63, 3.8) is 0 Å². The maximum Gasteiger partial charge on any atom is 0.319 e. The Bertz CT molecular complexity index is 281. The van der Waals surface area contributed by atoms with E-state index in [1.165, 1.54) is 70.6 Å². The van der Waals surface area contributed by atoms with Crippen molar-refractivity contribution in [2.75, 3.05) is 6.61 Å². The van der Waals surface area contributed by atoms with Gasteiger partial charge < -0.3 is 4.74 Å². The number of ether oxygens (including phenoxy) is 1. The summed E-state index contributed by atoms with van der Waals surface area (Å²) >= 11 is 2.31. The molecule has 0 heterocycles. The normalized spacial score (nSPS) is 23.4. The highest BCUT2D eigenvalue weighted by Crippen LogP contribution is 2.31. The van der Waals surface area contributed by atoms with Crippen LogP contribution in [0, 0.1) is 11.8 Å². The molecule has 0 amide bonds. The summed E-state index contributed by atoms with van der Waals surface area (Å²) in [6.45, 7) is 0.640. The molecule has 0 radical (unpaired) electrons. The van der Waals surface area contributed by atoms with Gasteiger partial charge in [0.25, 0.3) is 0 Å². The molecule has 20 heavy (non-hydrogen) atoms. The van der Waals surface area contributed by atoms with Crippen molar-refractivity contribution in [2.24, 2.45) is 11.8 Å². The lowest BCUT2D eigenvalue weighted by atomic mass is 9.86. The van der Waals surface area contributed by atoms with Gasteiger partial charge in [-0.1, -0.05) is 74.0 Å². The number of hydrogen-bond donors (Lipinski definition) is 0. The van der Waals surface area contributed by atoms with Crippen LogP contribution >= 0.6 is 22.6 Å². The molecular weight excluding hydrogens is 363 g/mol. The summed E-state index contributed by atoms with van der Waals surface area (Å²) in [5.41, 5.74) is 0. The highest BCUT2D eigenvalue weighted by Gasteiger charge is 2.28. The van der Waals surface area contributed by atoms with Crippen molar-refractivity contribution in [2.45, 2.75) is 81.0 Å². The number of esters is 1. The standard InChI is InChI=1S/C17H29IO2/c18-16(15-11-5-2-6-12-15)17(19)20-13-7-10-14-8-3-1-4-9-14/h14-16H,1-13H2. The molecule has 0 aromatic carbocycles. The fraction of sp³-hybridized carbons (Fsp3) is 0.941. The molecule has 2 aliphatic carbocycles. The van der Waals surface area contributed by atoms with Gasteiger partial charge in [0, 0.05) is 0 Å². The van der Waals surface area contributed by atoms with Gasteiger partial charge in [0.15, 0.2) is 0 Å². The molecule has 2 fully saturated rings. The smallest absolute Gasteiger partial charge is 0.319 e. The lowest BCUT2D eigenvalue weighted by Gasteiger charge is -2.25. The van der Waals surface area contributed by atoms with Crippen molar-refractivity contribution in [3.05, 3.63) is 0 Å². The van der Waals surface area contributed by atoms with Gasteiger partial charge in [0.05, 0.1) is 6.61 Å². The topological polar surface area (TPSA) is 26.3 Å². The predicted octanol–water partition coefficient (Wildman–Crippen LogP) is 5.27. The fourth-order valence-corrected chi connectivity index (χ4v) is 4.62. The molecule has 0 spiro atoms. The van der Waals surface area contributed by atoms with E-state index in [-0.39, 0.29) is 9.89 Å². The molecule has 2 rings (SSSR count). The van der Waals surface area contributed by atoms with E-state index in [1.807, 2.05) is 0 Å². The Labute approximate surface area is 137 Å². The van der Waals surface area contributed by atoms with Crippen LogP contribution in [0.1, 0.15) is 77.0 Å². The minimum absolute atomic E-state index is 0.0427. The van der Waals surface area contributed by atoms with Crippen LogP contribution in [-0.2, 0) is 9.53 Å². The first-order chi connectivity index (χ1) is 9.77. The maximum absolute atomic E-state index is 12.1. The van der Waals surface area contributed by atoms with Gasteiger partial charge in [0.2, 0.25) is 0 Å². The van der Waals surface area contributed by atoms with Crippen molar-refractivity contribution in [1.29, 1.82) is 0 Å². The highest BCUT2D eigenvalue weighted by atomic mass is 127. The molecule has 0 bridgehead atoms. The minimum Gasteiger partial charge on any atom is -0.465 e. The van der Waals surface area contributed by atoms with E-state index >= 15 is 0 Å². The van der Waals surface area contributed by atoms with Gasteiger partial charge in [-0.05, 0) is 37.5 Å². The molecule has 116 valence electrons. The summed E-state index contributed by atoms with van der Waals surface area (Å²) in [5, 5.41) is 0. The Morgan fingerprint density at radius 1 is 1.00 bits per heavy atom. The number of carbonyl (C=O) groups excluding carboxylic acids is 1. The third kappa shape index (κ3) is 5.53. The lowest BCUT2D eigenvalue weighted by molar-refractivity contribution is -0.143. The summed E-state index contributed by atoms with van der Waals surface area (Å²) in [4.78, 5) is 12.1. The number of halogens is 1. The van der Waals surface area contributed by atoms with E-state index in [1.54, 1.807) is 0 Å². The van der Waals surface area contributed by atoms with Gasteiger partial charge in [-0.25, -0.2) is 0 Å². The Morgan fingerprint density at radius 2 is 1.60 bits per heavy atom. The highest BCUT2D eigenvalue weighted by molar-refractivity contribution is 14.1. The zero-order valence-electron chi connectivity index (χ0n) is 12.6. The largest absolute Gasteiger partial charge is 0.465 e. The molecule has 2 aliphatic rings. The molecule has 0 N–H and O–H groups in total. The summed E-state index contributed by atoms with van der Waals surface area (Å²) in [7, 11) is 0. The van der Waals surface area contributed by atoms with Crippen LogP contribution in [0.2, 0.25) is 0 Å². The van der Waals surface area contributed by atoms with Gasteiger partial charge in [-0.2, -0.15) is 0 Å². The number of hydrogen-bond acceptors (Lipinski definition) is 2. The zero-order valence-corrected chi connectivity index (χ0v) is 14.8. The number of carbonyl (C=O) groups is 1. The molecule has 0 aromatic heterocycles. The third-order valence-electron chi connectivity index (χ3n) is 5.01. The molecule has 1 atom stereocenters. The monoisotopic (exact) mass is 392 g/mol. The molecule has 3 heteroatoms. The van der Waals surface area contributed by atoms with Crippen molar-refractivity contribution in [3.8, 4) is 0 Å². The second-order valence-corrected chi connectivity index (χ2v) is 7.96. The second kappa shape index (κ2) is 9.26. The third-order valence-corrected chi connectivity index (χ3v) is 6.54. The molecule has 0 aliphatic heterocycles. The van der Waals surface area contributed by atoms with E-state index in [9.17, 15) is 4.79 Å². The van der Waals surface area contributed by atoms with E-state index < -0.39 is 0 Å². The number of rotatable bonds is 6. The first-order valence-corrected chi connectivity index (χ1v) is 9.82.